The minimum atomic E-state index is -0.557. The maximum atomic E-state index is 13.2. The molecule has 0 aliphatic rings. The molecule has 0 spiro atoms. The van der Waals surface area contributed by atoms with Crippen molar-refractivity contribution in [3.8, 4) is 11.6 Å². The van der Waals surface area contributed by atoms with Crippen molar-refractivity contribution in [2.75, 3.05) is 12.3 Å². The third kappa shape index (κ3) is 3.47. The van der Waals surface area contributed by atoms with Gasteiger partial charge >= 0.3 is 5.97 Å². The number of hydrogen-bond donors (Lipinski definition) is 1. The Kier molecular flexibility index (Phi) is 4.37. The number of nitrogen functional groups attached to an aromatic ring is 1. The largest absolute Gasteiger partial charge is 0.462 e. The molecule has 0 unspecified atom stereocenters. The van der Waals surface area contributed by atoms with Gasteiger partial charge in [-0.3, -0.25) is 0 Å². The minimum absolute atomic E-state index is 0.140. The first-order valence-corrected chi connectivity index (χ1v) is 6.38. The number of hydrogen-bond acceptors (Lipinski definition) is 5. The predicted octanol–water partition coefficient (Wildman–Crippen LogP) is 3.08. The molecule has 0 atom stereocenters. The normalized spacial score (nSPS) is 10.2. The van der Waals surface area contributed by atoms with E-state index in [2.05, 4.69) is 4.98 Å². The van der Waals surface area contributed by atoms with Gasteiger partial charge in [0.25, 0.3) is 0 Å². The van der Waals surface area contributed by atoms with E-state index in [0.29, 0.717) is 5.75 Å². The lowest BCUT2D eigenvalue weighted by molar-refractivity contribution is 0.0527. The molecule has 1 aromatic heterocycles. The lowest BCUT2D eigenvalue weighted by Gasteiger charge is -2.10. The lowest BCUT2D eigenvalue weighted by atomic mass is 10.2. The number of nitrogens with zero attached hydrogens (tertiary/aromatic N) is 1. The first-order valence-electron chi connectivity index (χ1n) is 6.38. The molecule has 2 rings (SSSR count). The van der Waals surface area contributed by atoms with E-state index in [4.69, 9.17) is 15.2 Å². The molecule has 1 heterocycles. The molecule has 0 aliphatic carbocycles. The van der Waals surface area contributed by atoms with Gasteiger partial charge in [-0.15, -0.1) is 0 Å². The Balaban J connectivity index is 2.31. The summed E-state index contributed by atoms with van der Waals surface area (Å²) in [5.74, 6) is -0.516. The second kappa shape index (κ2) is 6.21. The van der Waals surface area contributed by atoms with Gasteiger partial charge in [0.15, 0.2) is 0 Å². The molecule has 0 fully saturated rings. The Morgan fingerprint density at radius 3 is 2.86 bits per heavy atom. The van der Waals surface area contributed by atoms with E-state index in [9.17, 15) is 9.18 Å². The number of pyridine rings is 1. The molecule has 0 radical (unpaired) electrons. The van der Waals surface area contributed by atoms with Crippen LogP contribution in [-0.2, 0) is 4.74 Å². The van der Waals surface area contributed by atoms with Crippen molar-refractivity contribution < 1.29 is 18.7 Å². The summed E-state index contributed by atoms with van der Waals surface area (Å²) in [5, 5.41) is 0. The number of esters is 1. The highest BCUT2D eigenvalue weighted by molar-refractivity contribution is 5.95. The quantitative estimate of drug-likeness (QED) is 0.876. The average Bonchev–Trinajstić information content (AvgIpc) is 2.45. The molecular weight excluding hydrogens is 275 g/mol. The number of nitrogens with two attached hydrogens (primary N) is 1. The van der Waals surface area contributed by atoms with Crippen molar-refractivity contribution in [1.29, 1.82) is 0 Å². The van der Waals surface area contributed by atoms with Gasteiger partial charge in [-0.05, 0) is 25.5 Å². The van der Waals surface area contributed by atoms with Crippen LogP contribution >= 0.6 is 0 Å². The van der Waals surface area contributed by atoms with E-state index in [-0.39, 0.29) is 23.7 Å². The fourth-order valence-corrected chi connectivity index (χ4v) is 1.68. The monoisotopic (exact) mass is 290 g/mol. The molecule has 0 saturated heterocycles. The zero-order valence-corrected chi connectivity index (χ0v) is 11.7. The zero-order valence-electron chi connectivity index (χ0n) is 11.7. The van der Waals surface area contributed by atoms with Crippen LogP contribution in [0.3, 0.4) is 0 Å². The Labute approximate surface area is 121 Å². The number of halogens is 1. The molecule has 2 N–H and O–H groups in total. The Morgan fingerprint density at radius 1 is 1.38 bits per heavy atom. The van der Waals surface area contributed by atoms with E-state index >= 15 is 0 Å². The summed E-state index contributed by atoms with van der Waals surface area (Å²) in [6.45, 7) is 3.71. The fourth-order valence-electron chi connectivity index (χ4n) is 1.68. The van der Waals surface area contributed by atoms with Crippen molar-refractivity contribution in [2.24, 2.45) is 0 Å². The molecule has 0 saturated carbocycles. The van der Waals surface area contributed by atoms with Gasteiger partial charge in [0.1, 0.15) is 11.6 Å². The summed E-state index contributed by atoms with van der Waals surface area (Å²) in [5.41, 5.74) is 6.79. The number of anilines is 1. The fraction of sp³-hybridized carbons (Fsp3) is 0.200. The maximum Gasteiger partial charge on any atom is 0.340 e. The molecule has 21 heavy (non-hydrogen) atoms. The summed E-state index contributed by atoms with van der Waals surface area (Å²) >= 11 is 0. The predicted molar refractivity (Wildman–Crippen MR) is 75.8 cm³/mol. The summed E-state index contributed by atoms with van der Waals surface area (Å²) in [6, 6.07) is 5.55. The summed E-state index contributed by atoms with van der Waals surface area (Å²) in [4.78, 5) is 15.7. The van der Waals surface area contributed by atoms with Crippen molar-refractivity contribution in [2.45, 2.75) is 13.8 Å². The molecule has 0 aliphatic heterocycles. The summed E-state index contributed by atoms with van der Waals surface area (Å²) < 4.78 is 23.6. The molecule has 2 aromatic rings. The first-order chi connectivity index (χ1) is 10.0. The van der Waals surface area contributed by atoms with E-state index in [1.807, 2.05) is 0 Å². The number of ether oxygens (including phenoxy) is 2. The summed E-state index contributed by atoms with van der Waals surface area (Å²) in [7, 11) is 0. The number of aryl methyl sites for hydroxylation is 1. The molecule has 110 valence electrons. The molecule has 1 aromatic carbocycles. The topological polar surface area (TPSA) is 74.4 Å². The number of carbonyl (C=O) groups is 1. The van der Waals surface area contributed by atoms with Crippen LogP contribution in [0.5, 0.6) is 11.6 Å². The van der Waals surface area contributed by atoms with Crippen LogP contribution < -0.4 is 10.5 Å². The lowest BCUT2D eigenvalue weighted by Crippen LogP contribution is -2.08. The Bertz CT molecular complexity index is 674. The van der Waals surface area contributed by atoms with Gasteiger partial charge in [-0.2, -0.15) is 0 Å². The molecule has 6 heteroatoms. The van der Waals surface area contributed by atoms with E-state index in [0.717, 1.165) is 5.56 Å². The van der Waals surface area contributed by atoms with Crippen LogP contribution in [0.15, 0.2) is 30.5 Å². The number of aromatic nitrogens is 1. The highest BCUT2D eigenvalue weighted by Crippen LogP contribution is 2.26. The maximum absolute atomic E-state index is 13.2. The van der Waals surface area contributed by atoms with Crippen molar-refractivity contribution >= 4 is 11.7 Å². The average molecular weight is 290 g/mol. The van der Waals surface area contributed by atoms with E-state index in [1.165, 1.54) is 24.4 Å². The van der Waals surface area contributed by atoms with Gasteiger partial charge < -0.3 is 15.2 Å². The first kappa shape index (κ1) is 14.8. The Hall–Kier alpha value is -2.63. The number of benzene rings is 1. The Morgan fingerprint density at radius 2 is 2.14 bits per heavy atom. The summed E-state index contributed by atoms with van der Waals surface area (Å²) in [6.07, 6.45) is 1.30. The third-order valence-electron chi connectivity index (χ3n) is 2.77. The van der Waals surface area contributed by atoms with Crippen LogP contribution in [0, 0.1) is 12.7 Å². The number of carbonyl (C=O) groups excluding carboxylic acids is 1. The molecule has 0 amide bonds. The van der Waals surface area contributed by atoms with Gasteiger partial charge in [0.2, 0.25) is 5.88 Å². The third-order valence-corrected chi connectivity index (χ3v) is 2.77. The van der Waals surface area contributed by atoms with Gasteiger partial charge in [0.05, 0.1) is 24.1 Å². The van der Waals surface area contributed by atoms with Gasteiger partial charge in [0, 0.05) is 12.1 Å². The van der Waals surface area contributed by atoms with Gasteiger partial charge in [-0.25, -0.2) is 14.2 Å². The van der Waals surface area contributed by atoms with Crippen LogP contribution in [0.4, 0.5) is 10.1 Å². The van der Waals surface area contributed by atoms with Crippen LogP contribution in [-0.4, -0.2) is 17.6 Å². The smallest absolute Gasteiger partial charge is 0.340 e. The van der Waals surface area contributed by atoms with Crippen LogP contribution in [0.1, 0.15) is 22.8 Å². The van der Waals surface area contributed by atoms with Gasteiger partial charge in [-0.1, -0.05) is 6.07 Å². The second-order valence-electron chi connectivity index (χ2n) is 4.34. The van der Waals surface area contributed by atoms with E-state index in [1.54, 1.807) is 19.9 Å². The highest BCUT2D eigenvalue weighted by Gasteiger charge is 2.14. The highest BCUT2D eigenvalue weighted by atomic mass is 19.1. The molecule has 0 bridgehead atoms. The number of rotatable bonds is 4. The standard InChI is InChI=1S/C15H15FN2O3/c1-3-20-15(19)11-7-14(18-8-12(11)17)21-13-6-10(16)5-4-9(13)2/h4-8H,3,17H2,1-2H3. The SMILES string of the molecule is CCOC(=O)c1cc(Oc2cc(F)ccc2C)ncc1N. The zero-order chi connectivity index (χ0) is 15.4. The van der Waals surface area contributed by atoms with Crippen molar-refractivity contribution in [3.63, 3.8) is 0 Å². The van der Waals surface area contributed by atoms with Crippen molar-refractivity contribution in [3.05, 3.63) is 47.4 Å². The molecule has 5 nitrogen and oxygen atoms in total. The van der Waals surface area contributed by atoms with Crippen LogP contribution in [0.2, 0.25) is 0 Å². The van der Waals surface area contributed by atoms with Crippen molar-refractivity contribution in [1.82, 2.24) is 4.98 Å². The molecular formula is C15H15FN2O3. The minimum Gasteiger partial charge on any atom is -0.462 e. The van der Waals surface area contributed by atoms with E-state index < -0.39 is 11.8 Å². The van der Waals surface area contributed by atoms with Crippen LogP contribution in [0.25, 0.3) is 0 Å². The second-order valence-corrected chi connectivity index (χ2v) is 4.34.